The predicted octanol–water partition coefficient (Wildman–Crippen LogP) is 8.37. The van der Waals surface area contributed by atoms with Crippen LogP contribution < -0.4 is 0 Å². The lowest BCUT2D eigenvalue weighted by Gasteiger charge is -2.28. The molecule has 0 atom stereocenters. The maximum absolute atomic E-state index is 4.70. The molecule has 0 bridgehead atoms. The average molecular weight is 419 g/mol. The van der Waals surface area contributed by atoms with Crippen molar-refractivity contribution in [1.82, 2.24) is 9.97 Å². The molecule has 31 heavy (non-hydrogen) atoms. The molecule has 2 aliphatic carbocycles. The third kappa shape index (κ3) is 6.18. The van der Waals surface area contributed by atoms with Crippen LogP contribution in [0, 0.1) is 17.8 Å². The molecule has 0 aliphatic heterocycles. The molecule has 2 aliphatic rings. The molecule has 0 radical (unpaired) electrons. The number of rotatable bonds is 8. The standard InChI is InChI=1S/C29H42N2/c1-3-5-23-12-14-26(15-13-23)27-16-18-28(19-17-27)29-30-20-25(21-31-29)11-10-24-8-6-22(4-2)7-9-24/h16-24,26H,3-15H2,1-2H3. The highest BCUT2D eigenvalue weighted by Crippen LogP contribution is 2.38. The van der Waals surface area contributed by atoms with Crippen LogP contribution in [-0.2, 0) is 6.42 Å². The molecule has 0 unspecified atom stereocenters. The molecule has 2 heteroatoms. The Hall–Kier alpha value is -1.70. The van der Waals surface area contributed by atoms with Crippen molar-refractivity contribution in [3.63, 3.8) is 0 Å². The zero-order valence-corrected chi connectivity index (χ0v) is 19.9. The van der Waals surface area contributed by atoms with Crippen LogP contribution in [0.15, 0.2) is 36.7 Å². The molecular formula is C29H42N2. The van der Waals surface area contributed by atoms with Crippen molar-refractivity contribution in [2.75, 3.05) is 0 Å². The summed E-state index contributed by atoms with van der Waals surface area (Å²) in [5, 5.41) is 0. The van der Waals surface area contributed by atoms with Gasteiger partial charge < -0.3 is 0 Å². The second kappa shape index (κ2) is 11.2. The second-order valence-corrected chi connectivity index (χ2v) is 10.4. The van der Waals surface area contributed by atoms with E-state index in [2.05, 4.69) is 50.5 Å². The van der Waals surface area contributed by atoms with Crippen molar-refractivity contribution in [3.8, 4) is 11.4 Å². The summed E-state index contributed by atoms with van der Waals surface area (Å²) < 4.78 is 0. The molecule has 0 saturated heterocycles. The van der Waals surface area contributed by atoms with Gasteiger partial charge in [0.15, 0.2) is 5.82 Å². The summed E-state index contributed by atoms with van der Waals surface area (Å²) in [5.74, 6) is 4.48. The van der Waals surface area contributed by atoms with E-state index in [4.69, 9.17) is 9.97 Å². The summed E-state index contributed by atoms with van der Waals surface area (Å²) >= 11 is 0. The average Bonchev–Trinajstić information content (AvgIpc) is 2.84. The zero-order valence-electron chi connectivity index (χ0n) is 19.9. The Balaban J connectivity index is 1.27. The van der Waals surface area contributed by atoms with Crippen molar-refractivity contribution < 1.29 is 0 Å². The minimum Gasteiger partial charge on any atom is -0.236 e. The van der Waals surface area contributed by atoms with Crippen molar-refractivity contribution in [3.05, 3.63) is 47.8 Å². The van der Waals surface area contributed by atoms with Crippen LogP contribution in [0.3, 0.4) is 0 Å². The molecule has 1 aromatic heterocycles. The number of aromatic nitrogens is 2. The largest absolute Gasteiger partial charge is 0.236 e. The van der Waals surface area contributed by atoms with Gasteiger partial charge in [-0.2, -0.15) is 0 Å². The van der Waals surface area contributed by atoms with E-state index in [1.165, 1.54) is 88.2 Å². The van der Waals surface area contributed by atoms with E-state index in [9.17, 15) is 0 Å². The Morgan fingerprint density at radius 2 is 1.29 bits per heavy atom. The molecule has 168 valence electrons. The maximum Gasteiger partial charge on any atom is 0.159 e. The lowest BCUT2D eigenvalue weighted by atomic mass is 9.77. The van der Waals surface area contributed by atoms with Crippen LogP contribution in [0.1, 0.15) is 108 Å². The summed E-state index contributed by atoms with van der Waals surface area (Å²) in [6.07, 6.45) is 21.9. The summed E-state index contributed by atoms with van der Waals surface area (Å²) in [4.78, 5) is 9.40. The Labute approximate surface area is 190 Å². The SMILES string of the molecule is CCCC1CCC(c2ccc(-c3ncc(CCC4CCC(CC)CC4)cn3)cc2)CC1. The van der Waals surface area contributed by atoms with Gasteiger partial charge >= 0.3 is 0 Å². The lowest BCUT2D eigenvalue weighted by molar-refractivity contribution is 0.258. The van der Waals surface area contributed by atoms with Crippen LogP contribution in [0.2, 0.25) is 0 Å². The van der Waals surface area contributed by atoms with E-state index in [0.29, 0.717) is 0 Å². The fourth-order valence-corrected chi connectivity index (χ4v) is 6.03. The van der Waals surface area contributed by atoms with Crippen molar-refractivity contribution in [1.29, 1.82) is 0 Å². The first-order valence-corrected chi connectivity index (χ1v) is 13.2. The second-order valence-electron chi connectivity index (χ2n) is 10.4. The van der Waals surface area contributed by atoms with E-state index in [-0.39, 0.29) is 0 Å². The first-order valence-electron chi connectivity index (χ1n) is 13.2. The van der Waals surface area contributed by atoms with Gasteiger partial charge in [-0.3, -0.25) is 0 Å². The summed E-state index contributed by atoms with van der Waals surface area (Å²) in [6.45, 7) is 4.66. The molecule has 4 rings (SSSR count). The van der Waals surface area contributed by atoms with E-state index >= 15 is 0 Å². The van der Waals surface area contributed by atoms with Crippen LogP contribution >= 0.6 is 0 Å². The number of hydrogen-bond acceptors (Lipinski definition) is 2. The molecule has 0 N–H and O–H groups in total. The smallest absolute Gasteiger partial charge is 0.159 e. The fraction of sp³-hybridized carbons (Fsp3) is 0.655. The molecule has 2 fully saturated rings. The number of nitrogens with zero attached hydrogens (tertiary/aromatic N) is 2. The Bertz CT molecular complexity index is 763. The molecule has 2 nitrogen and oxygen atoms in total. The third-order valence-electron chi connectivity index (χ3n) is 8.27. The summed E-state index contributed by atoms with van der Waals surface area (Å²) in [6, 6.07) is 9.11. The van der Waals surface area contributed by atoms with Gasteiger partial charge in [0.05, 0.1) is 0 Å². The lowest BCUT2D eigenvalue weighted by Crippen LogP contribution is -2.14. The quantitative estimate of drug-likeness (QED) is 0.430. The Morgan fingerprint density at radius 1 is 0.710 bits per heavy atom. The molecule has 1 aromatic carbocycles. The van der Waals surface area contributed by atoms with E-state index in [1.54, 1.807) is 0 Å². The van der Waals surface area contributed by atoms with E-state index < -0.39 is 0 Å². The highest BCUT2D eigenvalue weighted by molar-refractivity contribution is 5.55. The van der Waals surface area contributed by atoms with Gasteiger partial charge in [0.2, 0.25) is 0 Å². The summed E-state index contributed by atoms with van der Waals surface area (Å²) in [5.41, 5.74) is 3.95. The van der Waals surface area contributed by atoms with Crippen molar-refractivity contribution in [2.45, 2.75) is 103 Å². The molecule has 2 aromatic rings. The van der Waals surface area contributed by atoms with Gasteiger partial charge in [0, 0.05) is 18.0 Å². The molecule has 2 saturated carbocycles. The minimum atomic E-state index is 0.748. The zero-order chi connectivity index (χ0) is 21.5. The van der Waals surface area contributed by atoms with Crippen LogP contribution in [-0.4, -0.2) is 9.97 Å². The number of hydrogen-bond donors (Lipinski definition) is 0. The van der Waals surface area contributed by atoms with Crippen LogP contribution in [0.4, 0.5) is 0 Å². The van der Waals surface area contributed by atoms with Gasteiger partial charge in [-0.15, -0.1) is 0 Å². The van der Waals surface area contributed by atoms with Crippen molar-refractivity contribution >= 4 is 0 Å². The highest BCUT2D eigenvalue weighted by atomic mass is 14.9. The minimum absolute atomic E-state index is 0.748. The van der Waals surface area contributed by atoms with Crippen LogP contribution in [0.5, 0.6) is 0 Å². The number of aryl methyl sites for hydroxylation is 1. The summed E-state index contributed by atoms with van der Waals surface area (Å²) in [7, 11) is 0. The normalized spacial score (nSPS) is 26.6. The van der Waals surface area contributed by atoms with Gasteiger partial charge in [-0.05, 0) is 73.3 Å². The molecule has 0 spiro atoms. The third-order valence-corrected chi connectivity index (χ3v) is 8.27. The number of benzene rings is 1. The molecular weight excluding hydrogens is 376 g/mol. The van der Waals surface area contributed by atoms with Gasteiger partial charge in [-0.25, -0.2) is 9.97 Å². The van der Waals surface area contributed by atoms with Gasteiger partial charge in [-0.1, -0.05) is 83.1 Å². The Morgan fingerprint density at radius 3 is 1.90 bits per heavy atom. The van der Waals surface area contributed by atoms with E-state index in [1.807, 2.05) is 0 Å². The first-order chi connectivity index (χ1) is 15.2. The maximum atomic E-state index is 4.70. The van der Waals surface area contributed by atoms with Crippen molar-refractivity contribution in [2.24, 2.45) is 17.8 Å². The van der Waals surface area contributed by atoms with Crippen LogP contribution in [0.25, 0.3) is 11.4 Å². The molecule has 1 heterocycles. The molecule has 0 amide bonds. The topological polar surface area (TPSA) is 25.8 Å². The predicted molar refractivity (Wildman–Crippen MR) is 131 cm³/mol. The monoisotopic (exact) mass is 418 g/mol. The van der Waals surface area contributed by atoms with Gasteiger partial charge in [0.1, 0.15) is 0 Å². The fourth-order valence-electron chi connectivity index (χ4n) is 6.03. The van der Waals surface area contributed by atoms with E-state index in [0.717, 1.165) is 41.5 Å². The Kier molecular flexibility index (Phi) is 8.16. The first kappa shape index (κ1) is 22.5. The highest BCUT2D eigenvalue weighted by Gasteiger charge is 2.22. The van der Waals surface area contributed by atoms with Gasteiger partial charge in [0.25, 0.3) is 0 Å².